The van der Waals surface area contributed by atoms with Crippen molar-refractivity contribution in [1.29, 1.82) is 0 Å². The Bertz CT molecular complexity index is 522. The number of nitrogens with zero attached hydrogens (tertiary/aromatic N) is 3. The second-order valence-electron chi connectivity index (χ2n) is 11.3. The second kappa shape index (κ2) is 10.1. The monoisotopic (exact) mass is 403 g/mol. The molecule has 1 unspecified atom stereocenters. The number of carbonyl (C=O) groups excluding carboxylic acids is 2. The van der Waals surface area contributed by atoms with Crippen LogP contribution in [0.2, 0.25) is 0 Å². The summed E-state index contributed by atoms with van der Waals surface area (Å²) >= 11 is 0. The number of carbonyl (C=O) groups is 2. The summed E-state index contributed by atoms with van der Waals surface area (Å²) in [6.07, 6.45) is 0.854. The number of nitrogens with one attached hydrogen (secondary N) is 1. The number of hydrogen-bond donors (Lipinski definition) is 2. The molecule has 7 heteroatoms. The van der Waals surface area contributed by atoms with Gasteiger partial charge >= 0.3 is 0 Å². The maximum absolute atomic E-state index is 12.5. The zero-order valence-corrected chi connectivity index (χ0v) is 20.1. The van der Waals surface area contributed by atoms with Crippen LogP contribution in [0.4, 0.5) is 0 Å². The molecule has 0 heterocycles. The second-order valence-corrected chi connectivity index (χ2v) is 11.3. The van der Waals surface area contributed by atoms with Crippen LogP contribution < -0.4 is 5.32 Å². The molecule has 0 saturated heterocycles. The van der Waals surface area contributed by atoms with E-state index in [-0.39, 0.29) is 11.7 Å². The standard InChI is InChI=1S/C21H46N4O3/c1-11-21(2,3)20(28)22-17-25(9,10)15-18(26)12-13-24(7,8)16-19(27)14-23(4,5)6/h19,27H,11-17H2,1-10H3/q+2/p+1. The van der Waals surface area contributed by atoms with Gasteiger partial charge in [-0.05, 0) is 6.42 Å². The highest BCUT2D eigenvalue weighted by molar-refractivity contribution is 5.81. The number of hydrogen-bond acceptors (Lipinski definition) is 3. The first-order chi connectivity index (χ1) is 12.4. The highest BCUT2D eigenvalue weighted by Gasteiger charge is 2.29. The fraction of sp³-hybridized carbons (Fsp3) is 0.905. The van der Waals surface area contributed by atoms with E-state index in [1.807, 2.05) is 34.9 Å². The van der Waals surface area contributed by atoms with E-state index in [1.165, 1.54) is 0 Å². The van der Waals surface area contributed by atoms with E-state index in [4.69, 9.17) is 0 Å². The molecular weight excluding hydrogens is 356 g/mol. The molecule has 0 aromatic rings. The summed E-state index contributed by atoms with van der Waals surface area (Å²) in [5.74, 6) is 0.207. The first-order valence-corrected chi connectivity index (χ1v) is 10.3. The predicted molar refractivity (Wildman–Crippen MR) is 114 cm³/mol. The molecule has 0 saturated carbocycles. The van der Waals surface area contributed by atoms with Crippen LogP contribution in [0.5, 0.6) is 0 Å². The van der Waals surface area contributed by atoms with Gasteiger partial charge in [0.25, 0.3) is 0 Å². The molecule has 0 fully saturated rings. The third-order valence-electron chi connectivity index (χ3n) is 5.23. The van der Waals surface area contributed by atoms with Gasteiger partial charge in [-0.25, -0.2) is 0 Å². The number of Topliss-reactive ketones (excluding diaryl/α,β-unsaturated/α-hetero) is 1. The molecule has 0 radical (unpaired) electrons. The number of quaternary nitrogens is 3. The average Bonchev–Trinajstić information content (AvgIpc) is 2.47. The quantitative estimate of drug-likeness (QED) is 0.351. The lowest BCUT2D eigenvalue weighted by atomic mass is 9.89. The summed E-state index contributed by atoms with van der Waals surface area (Å²) in [4.78, 5) is 24.8. The minimum absolute atomic E-state index is 0.0256. The van der Waals surface area contributed by atoms with Gasteiger partial charge in [-0.1, -0.05) is 20.8 Å². The van der Waals surface area contributed by atoms with Crippen LogP contribution in [0.25, 0.3) is 0 Å². The maximum atomic E-state index is 12.5. The molecule has 2 N–H and O–H groups in total. The van der Waals surface area contributed by atoms with Crippen molar-refractivity contribution in [2.45, 2.75) is 39.7 Å². The number of rotatable bonds is 13. The van der Waals surface area contributed by atoms with Crippen molar-refractivity contribution in [3.8, 4) is 0 Å². The minimum atomic E-state index is -0.394. The van der Waals surface area contributed by atoms with Gasteiger partial charge < -0.3 is 23.9 Å². The Morgan fingerprint density at radius 3 is 1.96 bits per heavy atom. The van der Waals surface area contributed by atoms with Crippen molar-refractivity contribution in [1.82, 2.24) is 5.32 Å². The van der Waals surface area contributed by atoms with Gasteiger partial charge in [-0.15, -0.1) is 0 Å². The first-order valence-electron chi connectivity index (χ1n) is 10.3. The Morgan fingerprint density at radius 2 is 1.50 bits per heavy atom. The highest BCUT2D eigenvalue weighted by Crippen LogP contribution is 2.19. The minimum Gasteiger partial charge on any atom is -0.382 e. The SMILES string of the molecule is CCC(C)(C)C(=O)NC[N+](C)(C)CC(=O)CC[N+](C)(C)CC(O)C[N+](C)(C)C. The Hall–Kier alpha value is -1.02. The maximum Gasteiger partial charge on any atom is 0.229 e. The topological polar surface area (TPSA) is 66.4 Å². The molecule has 0 aromatic carbocycles. The Morgan fingerprint density at radius 1 is 0.964 bits per heavy atom. The molecule has 1 amide bonds. The predicted octanol–water partition coefficient (Wildman–Crippen LogP) is 0.675. The van der Waals surface area contributed by atoms with E-state index >= 15 is 0 Å². The molecule has 0 rings (SSSR count). The fourth-order valence-electron chi connectivity index (χ4n) is 3.08. The zero-order valence-electron chi connectivity index (χ0n) is 20.1. The number of aliphatic hydroxyl groups excluding tert-OH is 1. The molecule has 0 aromatic heterocycles. The van der Waals surface area contributed by atoms with E-state index < -0.39 is 11.5 Å². The van der Waals surface area contributed by atoms with Gasteiger partial charge in [0.1, 0.15) is 19.6 Å². The van der Waals surface area contributed by atoms with Gasteiger partial charge in [-0.2, -0.15) is 0 Å². The van der Waals surface area contributed by atoms with Gasteiger partial charge in [0, 0.05) is 5.41 Å². The Kier molecular flexibility index (Phi) is 9.77. The van der Waals surface area contributed by atoms with Gasteiger partial charge in [-0.3, -0.25) is 9.59 Å². The van der Waals surface area contributed by atoms with E-state index in [0.717, 1.165) is 6.42 Å². The zero-order chi connectivity index (χ0) is 22.4. The van der Waals surface area contributed by atoms with Crippen LogP contribution in [0.15, 0.2) is 0 Å². The third-order valence-corrected chi connectivity index (χ3v) is 5.23. The van der Waals surface area contributed by atoms with E-state index in [0.29, 0.717) is 52.7 Å². The summed E-state index contributed by atoms with van der Waals surface area (Å²) in [6, 6.07) is 0. The lowest BCUT2D eigenvalue weighted by Gasteiger charge is -2.35. The molecule has 0 aliphatic heterocycles. The van der Waals surface area contributed by atoms with Gasteiger partial charge in [0.2, 0.25) is 5.91 Å². The summed E-state index contributed by atoms with van der Waals surface area (Å²) in [7, 11) is 14.2. The molecular formula is C21H47N4O3+3. The van der Waals surface area contributed by atoms with Gasteiger partial charge in [0.05, 0.1) is 62.3 Å². The molecule has 0 aliphatic carbocycles. The van der Waals surface area contributed by atoms with Crippen LogP contribution in [-0.4, -0.2) is 119 Å². The van der Waals surface area contributed by atoms with Crippen molar-refractivity contribution in [2.24, 2.45) is 5.41 Å². The van der Waals surface area contributed by atoms with Crippen LogP contribution in [0.3, 0.4) is 0 Å². The number of amides is 1. The van der Waals surface area contributed by atoms with Gasteiger partial charge in [0.15, 0.2) is 18.6 Å². The van der Waals surface area contributed by atoms with Crippen molar-refractivity contribution < 1.29 is 28.1 Å². The molecule has 0 aliphatic rings. The van der Waals surface area contributed by atoms with E-state index in [2.05, 4.69) is 40.6 Å². The lowest BCUT2D eigenvalue weighted by molar-refractivity contribution is -0.907. The lowest BCUT2D eigenvalue weighted by Crippen LogP contribution is -2.54. The summed E-state index contributed by atoms with van der Waals surface area (Å²) in [5, 5.41) is 13.3. The molecule has 28 heavy (non-hydrogen) atoms. The summed E-state index contributed by atoms with van der Waals surface area (Å²) in [6.45, 7) is 8.70. The fourth-order valence-corrected chi connectivity index (χ4v) is 3.08. The number of likely N-dealkylation sites (N-methyl/N-ethyl adjacent to an activating group) is 3. The molecule has 1 atom stereocenters. The van der Waals surface area contributed by atoms with Crippen LogP contribution in [0, 0.1) is 5.41 Å². The first kappa shape index (κ1) is 27.0. The number of aliphatic hydroxyl groups is 1. The van der Waals surface area contributed by atoms with E-state index in [1.54, 1.807) is 0 Å². The van der Waals surface area contributed by atoms with E-state index in [9.17, 15) is 14.7 Å². The largest absolute Gasteiger partial charge is 0.382 e. The van der Waals surface area contributed by atoms with Crippen molar-refractivity contribution in [3.05, 3.63) is 0 Å². The van der Waals surface area contributed by atoms with Crippen LogP contribution in [-0.2, 0) is 9.59 Å². The normalized spacial score (nSPS) is 14.7. The number of ketones is 1. The Labute approximate surface area is 173 Å². The smallest absolute Gasteiger partial charge is 0.229 e. The Balaban J connectivity index is 4.49. The molecule has 0 bridgehead atoms. The van der Waals surface area contributed by atoms with Crippen LogP contribution >= 0.6 is 0 Å². The molecule has 166 valence electrons. The van der Waals surface area contributed by atoms with Crippen molar-refractivity contribution in [3.63, 3.8) is 0 Å². The third kappa shape index (κ3) is 11.7. The van der Waals surface area contributed by atoms with Crippen LogP contribution in [0.1, 0.15) is 33.6 Å². The molecule has 0 spiro atoms. The summed E-state index contributed by atoms with van der Waals surface area (Å²) in [5.41, 5.74) is -0.391. The van der Waals surface area contributed by atoms with Crippen molar-refractivity contribution >= 4 is 11.7 Å². The summed E-state index contributed by atoms with van der Waals surface area (Å²) < 4.78 is 1.76. The highest BCUT2D eigenvalue weighted by atomic mass is 16.3. The molecule has 7 nitrogen and oxygen atoms in total. The average molecular weight is 404 g/mol. The van der Waals surface area contributed by atoms with Crippen molar-refractivity contribution in [2.75, 3.05) is 82.2 Å².